The Kier molecular flexibility index (Phi) is 4.20. The van der Waals surface area contributed by atoms with Gasteiger partial charge in [0.15, 0.2) is 0 Å². The second-order valence-electron chi connectivity index (χ2n) is 5.70. The summed E-state index contributed by atoms with van der Waals surface area (Å²) in [6.45, 7) is 2.54. The summed E-state index contributed by atoms with van der Waals surface area (Å²) in [6, 6.07) is 8.51. The Labute approximate surface area is 124 Å². The van der Waals surface area contributed by atoms with Crippen LogP contribution in [0.2, 0.25) is 0 Å². The maximum Gasteiger partial charge on any atom is 0.249 e. The molecule has 0 aliphatic heterocycles. The maximum atomic E-state index is 5.92. The molecule has 0 amide bonds. The number of anilines is 1. The highest BCUT2D eigenvalue weighted by Gasteiger charge is 2.24. The summed E-state index contributed by atoms with van der Waals surface area (Å²) in [5.74, 6) is 1.68. The quantitative estimate of drug-likeness (QED) is 0.903. The third-order valence-corrected chi connectivity index (χ3v) is 4.24. The third-order valence-electron chi connectivity index (χ3n) is 4.24. The minimum atomic E-state index is 0.425. The SMILES string of the molecule is Cc1nnc(-c2ccccc2NC2CCCCC2CN)o1. The molecule has 1 fully saturated rings. The van der Waals surface area contributed by atoms with Gasteiger partial charge in [0.05, 0.1) is 5.56 Å². The van der Waals surface area contributed by atoms with Crippen LogP contribution in [-0.2, 0) is 0 Å². The van der Waals surface area contributed by atoms with E-state index < -0.39 is 0 Å². The van der Waals surface area contributed by atoms with Crippen molar-refractivity contribution in [2.24, 2.45) is 11.7 Å². The minimum Gasteiger partial charge on any atom is -0.421 e. The predicted octanol–water partition coefficient (Wildman–Crippen LogP) is 2.97. The van der Waals surface area contributed by atoms with E-state index in [1.807, 2.05) is 18.2 Å². The van der Waals surface area contributed by atoms with E-state index in [0.717, 1.165) is 17.8 Å². The highest BCUT2D eigenvalue weighted by atomic mass is 16.4. The zero-order valence-electron chi connectivity index (χ0n) is 12.4. The van der Waals surface area contributed by atoms with Gasteiger partial charge in [-0.3, -0.25) is 0 Å². The maximum absolute atomic E-state index is 5.92. The van der Waals surface area contributed by atoms with Gasteiger partial charge in [0.25, 0.3) is 0 Å². The van der Waals surface area contributed by atoms with Crippen LogP contribution in [0.3, 0.4) is 0 Å². The Morgan fingerprint density at radius 1 is 1.24 bits per heavy atom. The second kappa shape index (κ2) is 6.26. The molecule has 1 aromatic carbocycles. The first-order valence-corrected chi connectivity index (χ1v) is 7.64. The number of benzene rings is 1. The van der Waals surface area contributed by atoms with Gasteiger partial charge in [-0.25, -0.2) is 0 Å². The first kappa shape index (κ1) is 14.1. The molecule has 1 saturated carbocycles. The lowest BCUT2D eigenvalue weighted by Gasteiger charge is -2.32. The molecule has 2 aromatic rings. The smallest absolute Gasteiger partial charge is 0.249 e. The third kappa shape index (κ3) is 3.08. The van der Waals surface area contributed by atoms with Crippen molar-refractivity contribution in [1.29, 1.82) is 0 Å². The Bertz CT molecular complexity index is 595. The van der Waals surface area contributed by atoms with Crippen LogP contribution in [0.15, 0.2) is 28.7 Å². The number of nitrogens with one attached hydrogen (secondary N) is 1. The Balaban J connectivity index is 1.85. The molecule has 1 aliphatic rings. The van der Waals surface area contributed by atoms with Crippen LogP contribution in [0.4, 0.5) is 5.69 Å². The molecule has 5 nitrogen and oxygen atoms in total. The first-order chi connectivity index (χ1) is 10.3. The average molecular weight is 286 g/mol. The van der Waals surface area contributed by atoms with Gasteiger partial charge in [-0.05, 0) is 37.4 Å². The normalized spacial score (nSPS) is 22.2. The standard InChI is InChI=1S/C16H22N4O/c1-11-19-20-16(21-11)13-7-3-5-9-15(13)18-14-8-4-2-6-12(14)10-17/h3,5,7,9,12,14,18H,2,4,6,8,10,17H2,1H3. The molecule has 0 radical (unpaired) electrons. The van der Waals surface area contributed by atoms with E-state index >= 15 is 0 Å². The number of aromatic nitrogens is 2. The topological polar surface area (TPSA) is 77.0 Å². The molecule has 0 saturated heterocycles. The van der Waals surface area contributed by atoms with E-state index in [-0.39, 0.29) is 0 Å². The lowest BCUT2D eigenvalue weighted by Crippen LogP contribution is -2.36. The van der Waals surface area contributed by atoms with E-state index in [4.69, 9.17) is 10.2 Å². The molecule has 0 bridgehead atoms. The predicted molar refractivity (Wildman–Crippen MR) is 82.9 cm³/mol. The van der Waals surface area contributed by atoms with Crippen LogP contribution in [0.25, 0.3) is 11.5 Å². The molecule has 3 rings (SSSR count). The van der Waals surface area contributed by atoms with E-state index in [0.29, 0.717) is 23.7 Å². The van der Waals surface area contributed by atoms with E-state index in [2.05, 4.69) is 21.6 Å². The van der Waals surface area contributed by atoms with Gasteiger partial charge >= 0.3 is 0 Å². The van der Waals surface area contributed by atoms with Crippen LogP contribution in [0.5, 0.6) is 0 Å². The van der Waals surface area contributed by atoms with Gasteiger partial charge in [0.2, 0.25) is 11.8 Å². The summed E-state index contributed by atoms with van der Waals surface area (Å²) >= 11 is 0. The fraction of sp³-hybridized carbons (Fsp3) is 0.500. The lowest BCUT2D eigenvalue weighted by molar-refractivity contribution is 0.332. The molecule has 0 spiro atoms. The summed E-state index contributed by atoms with van der Waals surface area (Å²) in [7, 11) is 0. The van der Waals surface area contributed by atoms with Gasteiger partial charge in [0.1, 0.15) is 0 Å². The van der Waals surface area contributed by atoms with Crippen molar-refractivity contribution in [2.75, 3.05) is 11.9 Å². The van der Waals surface area contributed by atoms with Gasteiger partial charge in [-0.2, -0.15) is 0 Å². The molecular formula is C16H22N4O. The number of hydrogen-bond acceptors (Lipinski definition) is 5. The second-order valence-corrected chi connectivity index (χ2v) is 5.70. The van der Waals surface area contributed by atoms with E-state index in [1.165, 1.54) is 25.7 Å². The summed E-state index contributed by atoms with van der Waals surface area (Å²) in [5, 5.41) is 11.7. The zero-order chi connectivity index (χ0) is 14.7. The van der Waals surface area contributed by atoms with Crippen molar-refractivity contribution < 1.29 is 4.42 Å². The fourth-order valence-corrected chi connectivity index (χ4v) is 3.08. The van der Waals surface area contributed by atoms with Gasteiger partial charge in [0, 0.05) is 18.7 Å². The molecule has 3 N–H and O–H groups in total. The molecule has 112 valence electrons. The van der Waals surface area contributed by atoms with Gasteiger partial charge < -0.3 is 15.5 Å². The van der Waals surface area contributed by atoms with Crippen LogP contribution in [-0.4, -0.2) is 22.8 Å². The van der Waals surface area contributed by atoms with Crippen molar-refractivity contribution >= 4 is 5.69 Å². The summed E-state index contributed by atoms with van der Waals surface area (Å²) in [4.78, 5) is 0. The first-order valence-electron chi connectivity index (χ1n) is 7.64. The van der Waals surface area contributed by atoms with Crippen LogP contribution in [0.1, 0.15) is 31.6 Å². The summed E-state index contributed by atoms with van der Waals surface area (Å²) < 4.78 is 5.57. The number of hydrogen-bond donors (Lipinski definition) is 2. The molecular weight excluding hydrogens is 264 g/mol. The van der Waals surface area contributed by atoms with Gasteiger partial charge in [-0.1, -0.05) is 25.0 Å². The van der Waals surface area contributed by atoms with Crippen molar-refractivity contribution in [1.82, 2.24) is 10.2 Å². The van der Waals surface area contributed by atoms with E-state index in [9.17, 15) is 0 Å². The molecule has 5 heteroatoms. The lowest BCUT2D eigenvalue weighted by atomic mass is 9.84. The summed E-state index contributed by atoms with van der Waals surface area (Å²) in [5.41, 5.74) is 7.92. The molecule has 1 aromatic heterocycles. The Morgan fingerprint density at radius 2 is 2.05 bits per heavy atom. The van der Waals surface area contributed by atoms with Crippen LogP contribution in [0, 0.1) is 12.8 Å². The fourth-order valence-electron chi connectivity index (χ4n) is 3.08. The van der Waals surface area contributed by atoms with Crippen molar-refractivity contribution in [2.45, 2.75) is 38.6 Å². The van der Waals surface area contributed by atoms with Crippen molar-refractivity contribution in [3.8, 4) is 11.5 Å². The Morgan fingerprint density at radius 3 is 2.81 bits per heavy atom. The minimum absolute atomic E-state index is 0.425. The van der Waals surface area contributed by atoms with E-state index in [1.54, 1.807) is 6.92 Å². The van der Waals surface area contributed by atoms with Gasteiger partial charge in [-0.15, -0.1) is 10.2 Å². The molecule has 1 aliphatic carbocycles. The number of nitrogens with zero attached hydrogens (tertiary/aromatic N) is 2. The molecule has 2 atom stereocenters. The number of aryl methyl sites for hydroxylation is 1. The highest BCUT2D eigenvalue weighted by molar-refractivity contribution is 5.72. The highest BCUT2D eigenvalue weighted by Crippen LogP contribution is 2.31. The summed E-state index contributed by atoms with van der Waals surface area (Å²) in [6.07, 6.45) is 4.91. The van der Waals surface area contributed by atoms with Crippen molar-refractivity contribution in [3.05, 3.63) is 30.2 Å². The van der Waals surface area contributed by atoms with Crippen molar-refractivity contribution in [3.63, 3.8) is 0 Å². The average Bonchev–Trinajstić information content (AvgIpc) is 2.95. The largest absolute Gasteiger partial charge is 0.421 e. The number of para-hydroxylation sites is 1. The molecule has 1 heterocycles. The number of rotatable bonds is 4. The Hall–Kier alpha value is -1.88. The molecule has 2 unspecified atom stereocenters. The van der Waals surface area contributed by atoms with Crippen LogP contribution < -0.4 is 11.1 Å². The monoisotopic (exact) mass is 286 g/mol. The number of nitrogens with two attached hydrogens (primary N) is 1. The molecule has 21 heavy (non-hydrogen) atoms. The van der Waals surface area contributed by atoms with Crippen LogP contribution >= 0.6 is 0 Å². The zero-order valence-corrected chi connectivity index (χ0v) is 12.4.